The van der Waals surface area contributed by atoms with E-state index in [-0.39, 0.29) is 5.91 Å². The van der Waals surface area contributed by atoms with Crippen molar-refractivity contribution in [3.05, 3.63) is 0 Å². The lowest BCUT2D eigenvalue weighted by Gasteiger charge is -2.33. The lowest BCUT2D eigenvalue weighted by atomic mass is 9.88. The fourth-order valence-corrected chi connectivity index (χ4v) is 1.64. The number of primary amides is 1. The summed E-state index contributed by atoms with van der Waals surface area (Å²) in [5.41, 5.74) is 4.95. The molecule has 0 aromatic rings. The number of amides is 1. The lowest BCUT2D eigenvalue weighted by molar-refractivity contribution is -0.126. The SMILES string of the molecule is CC(C)N(CCC(C)(C)C(N)=O)C(C)C. The predicted octanol–water partition coefficient (Wildman–Crippen LogP) is 2.01. The Bertz CT molecular complexity index is 202. The average Bonchev–Trinajstić information content (AvgIpc) is 2.02. The molecule has 0 saturated carbocycles. The topological polar surface area (TPSA) is 46.3 Å². The Labute approximate surface area is 94.0 Å². The van der Waals surface area contributed by atoms with Gasteiger partial charge in [-0.2, -0.15) is 0 Å². The third kappa shape index (κ3) is 4.65. The number of nitrogens with two attached hydrogens (primary N) is 1. The minimum Gasteiger partial charge on any atom is -0.369 e. The average molecular weight is 214 g/mol. The molecule has 0 aliphatic rings. The van der Waals surface area contributed by atoms with Gasteiger partial charge in [0.25, 0.3) is 0 Å². The van der Waals surface area contributed by atoms with Gasteiger partial charge in [0.1, 0.15) is 0 Å². The Hall–Kier alpha value is -0.570. The first-order valence-corrected chi connectivity index (χ1v) is 5.74. The largest absolute Gasteiger partial charge is 0.369 e. The van der Waals surface area contributed by atoms with Crippen LogP contribution in [0.1, 0.15) is 48.0 Å². The van der Waals surface area contributed by atoms with E-state index in [9.17, 15) is 4.79 Å². The third-order valence-electron chi connectivity index (χ3n) is 2.99. The molecule has 3 heteroatoms. The van der Waals surface area contributed by atoms with Gasteiger partial charge in [0.05, 0.1) is 0 Å². The smallest absolute Gasteiger partial charge is 0.223 e. The van der Waals surface area contributed by atoms with Crippen LogP contribution in [-0.2, 0) is 4.79 Å². The number of carbonyl (C=O) groups excluding carboxylic acids is 1. The fraction of sp³-hybridized carbons (Fsp3) is 0.917. The van der Waals surface area contributed by atoms with E-state index < -0.39 is 5.41 Å². The highest BCUT2D eigenvalue weighted by Crippen LogP contribution is 2.21. The van der Waals surface area contributed by atoms with Crippen molar-refractivity contribution in [3.8, 4) is 0 Å². The molecule has 15 heavy (non-hydrogen) atoms. The predicted molar refractivity (Wildman–Crippen MR) is 64.6 cm³/mol. The van der Waals surface area contributed by atoms with Crippen LogP contribution in [0.4, 0.5) is 0 Å². The number of nitrogens with zero attached hydrogens (tertiary/aromatic N) is 1. The molecule has 90 valence electrons. The van der Waals surface area contributed by atoms with E-state index in [1.54, 1.807) is 0 Å². The lowest BCUT2D eigenvalue weighted by Crippen LogP contribution is -2.41. The number of hydrogen-bond acceptors (Lipinski definition) is 2. The normalized spacial score (nSPS) is 12.9. The van der Waals surface area contributed by atoms with Gasteiger partial charge >= 0.3 is 0 Å². The van der Waals surface area contributed by atoms with Crippen LogP contribution in [0.2, 0.25) is 0 Å². The summed E-state index contributed by atoms with van der Waals surface area (Å²) in [6.45, 7) is 13.5. The van der Waals surface area contributed by atoms with E-state index in [0.29, 0.717) is 12.1 Å². The molecule has 0 radical (unpaired) electrons. The molecule has 0 aromatic carbocycles. The first-order valence-electron chi connectivity index (χ1n) is 5.74. The molecular weight excluding hydrogens is 188 g/mol. The van der Waals surface area contributed by atoms with E-state index in [0.717, 1.165) is 13.0 Å². The first kappa shape index (κ1) is 14.4. The van der Waals surface area contributed by atoms with E-state index in [1.165, 1.54) is 0 Å². The molecule has 3 nitrogen and oxygen atoms in total. The number of rotatable bonds is 6. The summed E-state index contributed by atoms with van der Waals surface area (Å²) in [5.74, 6) is -0.213. The minimum absolute atomic E-state index is 0.213. The van der Waals surface area contributed by atoms with Crippen molar-refractivity contribution in [1.82, 2.24) is 4.90 Å². The molecular formula is C12H26N2O. The molecule has 0 bridgehead atoms. The quantitative estimate of drug-likeness (QED) is 0.735. The van der Waals surface area contributed by atoms with Gasteiger partial charge in [0, 0.05) is 17.5 Å². The maximum atomic E-state index is 11.2. The monoisotopic (exact) mass is 214 g/mol. The Morgan fingerprint density at radius 3 is 1.87 bits per heavy atom. The fourth-order valence-electron chi connectivity index (χ4n) is 1.64. The van der Waals surface area contributed by atoms with Crippen LogP contribution in [0.25, 0.3) is 0 Å². The Morgan fingerprint density at radius 2 is 1.60 bits per heavy atom. The standard InChI is InChI=1S/C12H26N2O/c1-9(2)14(10(3)4)8-7-12(5,6)11(13)15/h9-10H,7-8H2,1-6H3,(H2,13,15). The van der Waals surface area contributed by atoms with Gasteiger partial charge in [-0.15, -0.1) is 0 Å². The van der Waals surface area contributed by atoms with Crippen molar-refractivity contribution in [1.29, 1.82) is 0 Å². The molecule has 0 unspecified atom stereocenters. The van der Waals surface area contributed by atoms with Crippen LogP contribution >= 0.6 is 0 Å². The molecule has 2 N–H and O–H groups in total. The number of carbonyl (C=O) groups is 1. The van der Waals surface area contributed by atoms with Crippen molar-refractivity contribution in [3.63, 3.8) is 0 Å². The van der Waals surface area contributed by atoms with Crippen LogP contribution in [0.15, 0.2) is 0 Å². The number of hydrogen-bond donors (Lipinski definition) is 1. The van der Waals surface area contributed by atoms with Gasteiger partial charge in [-0.25, -0.2) is 0 Å². The first-order chi connectivity index (χ1) is 6.68. The zero-order valence-electron chi connectivity index (χ0n) is 11.0. The van der Waals surface area contributed by atoms with Crippen molar-refractivity contribution in [2.45, 2.75) is 60.0 Å². The summed E-state index contributed by atoms with van der Waals surface area (Å²) < 4.78 is 0. The summed E-state index contributed by atoms with van der Waals surface area (Å²) >= 11 is 0. The molecule has 0 atom stereocenters. The molecule has 0 fully saturated rings. The highest BCUT2D eigenvalue weighted by Gasteiger charge is 2.26. The molecule has 0 rings (SSSR count). The molecule has 0 saturated heterocycles. The zero-order valence-corrected chi connectivity index (χ0v) is 11.0. The third-order valence-corrected chi connectivity index (χ3v) is 2.99. The maximum absolute atomic E-state index is 11.2. The summed E-state index contributed by atoms with van der Waals surface area (Å²) in [5, 5.41) is 0. The Balaban J connectivity index is 4.28. The van der Waals surface area contributed by atoms with Gasteiger partial charge < -0.3 is 5.73 Å². The van der Waals surface area contributed by atoms with Crippen LogP contribution in [-0.4, -0.2) is 29.4 Å². The molecule has 0 heterocycles. The van der Waals surface area contributed by atoms with Crippen LogP contribution in [0, 0.1) is 5.41 Å². The minimum atomic E-state index is -0.401. The summed E-state index contributed by atoms with van der Waals surface area (Å²) in [6, 6.07) is 1.02. The Kier molecular flexibility index (Phi) is 5.29. The molecule has 0 spiro atoms. The second-order valence-corrected chi connectivity index (χ2v) is 5.42. The zero-order chi connectivity index (χ0) is 12.2. The summed E-state index contributed by atoms with van der Waals surface area (Å²) in [6.07, 6.45) is 0.818. The second-order valence-electron chi connectivity index (χ2n) is 5.42. The summed E-state index contributed by atoms with van der Waals surface area (Å²) in [7, 11) is 0. The van der Waals surface area contributed by atoms with Gasteiger partial charge in [0.2, 0.25) is 5.91 Å². The van der Waals surface area contributed by atoms with Crippen LogP contribution in [0.5, 0.6) is 0 Å². The Morgan fingerprint density at radius 1 is 1.20 bits per heavy atom. The molecule has 0 aliphatic carbocycles. The molecule has 1 amide bonds. The molecule has 0 aliphatic heterocycles. The van der Waals surface area contributed by atoms with Gasteiger partial charge in [-0.05, 0) is 40.7 Å². The van der Waals surface area contributed by atoms with E-state index in [1.807, 2.05) is 13.8 Å². The van der Waals surface area contributed by atoms with Crippen LogP contribution < -0.4 is 5.73 Å². The van der Waals surface area contributed by atoms with E-state index in [4.69, 9.17) is 5.73 Å². The highest BCUT2D eigenvalue weighted by molar-refractivity contribution is 5.79. The summed E-state index contributed by atoms with van der Waals surface area (Å²) in [4.78, 5) is 13.6. The highest BCUT2D eigenvalue weighted by atomic mass is 16.1. The van der Waals surface area contributed by atoms with Crippen molar-refractivity contribution in [2.75, 3.05) is 6.54 Å². The van der Waals surface area contributed by atoms with Crippen molar-refractivity contribution < 1.29 is 4.79 Å². The maximum Gasteiger partial charge on any atom is 0.223 e. The molecule has 0 aromatic heterocycles. The second kappa shape index (κ2) is 5.50. The van der Waals surface area contributed by atoms with Gasteiger partial charge in [-0.1, -0.05) is 13.8 Å². The van der Waals surface area contributed by atoms with E-state index >= 15 is 0 Å². The van der Waals surface area contributed by atoms with Gasteiger partial charge in [0.15, 0.2) is 0 Å². The van der Waals surface area contributed by atoms with Crippen molar-refractivity contribution in [2.24, 2.45) is 11.1 Å². The van der Waals surface area contributed by atoms with E-state index in [2.05, 4.69) is 32.6 Å². The van der Waals surface area contributed by atoms with Crippen molar-refractivity contribution >= 4 is 5.91 Å². The van der Waals surface area contributed by atoms with Crippen LogP contribution in [0.3, 0.4) is 0 Å². The van der Waals surface area contributed by atoms with Gasteiger partial charge in [-0.3, -0.25) is 9.69 Å².